The van der Waals surface area contributed by atoms with E-state index in [-0.39, 0.29) is 5.78 Å². The van der Waals surface area contributed by atoms with Crippen LogP contribution in [0.5, 0.6) is 0 Å². The normalized spacial score (nSPS) is 11.9. The van der Waals surface area contributed by atoms with Gasteiger partial charge in [0.25, 0.3) is 0 Å². The van der Waals surface area contributed by atoms with Crippen LogP contribution in [0.15, 0.2) is 30.9 Å². The number of alkyl halides is 1. The van der Waals surface area contributed by atoms with E-state index < -0.39 is 11.0 Å². The van der Waals surface area contributed by atoms with Crippen LogP contribution in [0.3, 0.4) is 0 Å². The number of pyridine rings is 1. The second-order valence-electron chi connectivity index (χ2n) is 4.12. The van der Waals surface area contributed by atoms with Gasteiger partial charge in [-0.05, 0) is 35.0 Å². The zero-order chi connectivity index (χ0) is 14.7. The number of halogens is 1. The molecule has 0 aliphatic rings. The van der Waals surface area contributed by atoms with Crippen LogP contribution in [-0.4, -0.2) is 31.3 Å². The highest BCUT2D eigenvalue weighted by molar-refractivity contribution is 9.09. The first kappa shape index (κ1) is 14.4. The molecule has 2 heterocycles. The molecular weight excluding hydrogens is 326 g/mol. The average molecular weight is 338 g/mol. The third-order valence-electron chi connectivity index (χ3n) is 2.48. The van der Waals surface area contributed by atoms with Crippen LogP contribution >= 0.6 is 15.9 Å². The van der Waals surface area contributed by atoms with Crippen molar-refractivity contribution in [2.45, 2.75) is 18.9 Å². The lowest BCUT2D eigenvalue weighted by atomic mass is 10.2. The monoisotopic (exact) mass is 337 g/mol. The second-order valence-corrected chi connectivity index (χ2v) is 4.95. The van der Waals surface area contributed by atoms with E-state index in [2.05, 4.69) is 25.9 Å². The molecule has 1 atom stereocenters. The maximum absolute atomic E-state index is 11.9. The van der Waals surface area contributed by atoms with Crippen LogP contribution in [0.4, 0.5) is 0 Å². The van der Waals surface area contributed by atoms with Gasteiger partial charge in [0.2, 0.25) is 10.8 Å². The van der Waals surface area contributed by atoms with Crippen molar-refractivity contribution in [1.29, 1.82) is 0 Å². The van der Waals surface area contributed by atoms with Crippen LogP contribution in [0.2, 0.25) is 0 Å². The summed E-state index contributed by atoms with van der Waals surface area (Å²) in [7, 11) is 0. The van der Waals surface area contributed by atoms with Crippen molar-refractivity contribution >= 4 is 27.7 Å². The number of ketones is 1. The molecule has 0 radical (unpaired) electrons. The molecule has 2 rings (SSSR count). The third kappa shape index (κ3) is 3.30. The Labute approximate surface area is 123 Å². The van der Waals surface area contributed by atoms with Gasteiger partial charge in [0.15, 0.2) is 0 Å². The van der Waals surface area contributed by atoms with Gasteiger partial charge in [0, 0.05) is 24.9 Å². The minimum atomic E-state index is -0.997. The standard InChI is InChI=1S/C13H12BrN3O3/c1-8-6-17(7-16-8)11-4-3-10(5-15-11)12(19)13(14)20-9(2)18/h3-7,13H,1-2H3. The van der Waals surface area contributed by atoms with E-state index in [4.69, 9.17) is 4.74 Å². The molecule has 2 aromatic rings. The van der Waals surface area contributed by atoms with Crippen molar-refractivity contribution in [3.8, 4) is 5.82 Å². The summed E-state index contributed by atoms with van der Waals surface area (Å²) in [6, 6.07) is 3.32. The number of hydrogen-bond acceptors (Lipinski definition) is 5. The van der Waals surface area contributed by atoms with Gasteiger partial charge in [-0.3, -0.25) is 14.2 Å². The summed E-state index contributed by atoms with van der Waals surface area (Å²) in [6.07, 6.45) is 4.91. The van der Waals surface area contributed by atoms with Crippen molar-refractivity contribution in [2.75, 3.05) is 0 Å². The van der Waals surface area contributed by atoms with E-state index in [9.17, 15) is 9.59 Å². The SMILES string of the molecule is CC(=O)OC(Br)C(=O)c1ccc(-n2cnc(C)c2)nc1. The van der Waals surface area contributed by atoms with Crippen LogP contribution in [0, 0.1) is 6.92 Å². The summed E-state index contributed by atoms with van der Waals surface area (Å²) in [5, 5.41) is -0.997. The van der Waals surface area contributed by atoms with Crippen LogP contribution in [0.25, 0.3) is 5.82 Å². The first-order valence-corrected chi connectivity index (χ1v) is 6.71. The molecule has 20 heavy (non-hydrogen) atoms. The number of esters is 1. The number of rotatable bonds is 4. The summed E-state index contributed by atoms with van der Waals surface area (Å²) >= 11 is 3.01. The second kappa shape index (κ2) is 5.96. The lowest BCUT2D eigenvalue weighted by Crippen LogP contribution is -2.20. The predicted molar refractivity (Wildman–Crippen MR) is 74.9 cm³/mol. The van der Waals surface area contributed by atoms with Gasteiger partial charge in [0.05, 0.1) is 5.69 Å². The van der Waals surface area contributed by atoms with Crippen molar-refractivity contribution in [3.05, 3.63) is 42.1 Å². The Hall–Kier alpha value is -2.02. The summed E-state index contributed by atoms with van der Waals surface area (Å²) in [5.41, 5.74) is 1.23. The van der Waals surface area contributed by atoms with Gasteiger partial charge in [-0.1, -0.05) is 0 Å². The number of ether oxygens (including phenoxy) is 1. The summed E-state index contributed by atoms with van der Waals surface area (Å²) in [5.74, 6) is -0.236. The van der Waals surface area contributed by atoms with Gasteiger partial charge in [0.1, 0.15) is 12.1 Å². The van der Waals surface area contributed by atoms with Crippen LogP contribution < -0.4 is 0 Å². The summed E-state index contributed by atoms with van der Waals surface area (Å²) in [4.78, 5) is 31.0. The summed E-state index contributed by atoms with van der Waals surface area (Å²) < 4.78 is 6.52. The molecule has 2 aromatic heterocycles. The highest BCUT2D eigenvalue weighted by atomic mass is 79.9. The minimum Gasteiger partial charge on any atom is -0.442 e. The van der Waals surface area contributed by atoms with Crippen molar-refractivity contribution in [1.82, 2.24) is 14.5 Å². The Bertz CT molecular complexity index is 637. The number of aryl methyl sites for hydroxylation is 1. The van der Waals surface area contributed by atoms with E-state index >= 15 is 0 Å². The first-order chi connectivity index (χ1) is 9.47. The molecule has 0 spiro atoms. The molecule has 7 heteroatoms. The van der Waals surface area contributed by atoms with Gasteiger partial charge in [-0.25, -0.2) is 9.97 Å². The molecule has 0 fully saturated rings. The number of Topliss-reactive ketones (excluding diaryl/α,β-unsaturated/α-hetero) is 1. The zero-order valence-electron chi connectivity index (χ0n) is 10.9. The van der Waals surface area contributed by atoms with Crippen LogP contribution in [0.1, 0.15) is 23.0 Å². The quantitative estimate of drug-likeness (QED) is 0.485. The van der Waals surface area contributed by atoms with Crippen molar-refractivity contribution in [3.63, 3.8) is 0 Å². The molecule has 0 N–H and O–H groups in total. The minimum absolute atomic E-state index is 0.355. The number of nitrogens with zero attached hydrogens (tertiary/aromatic N) is 3. The number of imidazole rings is 1. The molecule has 0 aliphatic heterocycles. The first-order valence-electron chi connectivity index (χ1n) is 5.80. The lowest BCUT2D eigenvalue weighted by molar-refractivity contribution is -0.140. The van der Waals surface area contributed by atoms with E-state index in [1.807, 2.05) is 13.1 Å². The number of carbonyl (C=O) groups is 2. The van der Waals surface area contributed by atoms with E-state index in [0.717, 1.165) is 5.69 Å². The fourth-order valence-electron chi connectivity index (χ4n) is 1.56. The van der Waals surface area contributed by atoms with Gasteiger partial charge < -0.3 is 4.74 Å². The van der Waals surface area contributed by atoms with Gasteiger partial charge in [-0.2, -0.15) is 0 Å². The largest absolute Gasteiger partial charge is 0.442 e. The van der Waals surface area contributed by atoms with E-state index in [1.54, 1.807) is 23.0 Å². The maximum atomic E-state index is 11.9. The molecule has 104 valence electrons. The molecule has 0 saturated heterocycles. The Morgan fingerprint density at radius 3 is 2.60 bits per heavy atom. The highest BCUT2D eigenvalue weighted by Gasteiger charge is 2.20. The Morgan fingerprint density at radius 1 is 1.35 bits per heavy atom. The molecule has 0 aromatic carbocycles. The fourth-order valence-corrected chi connectivity index (χ4v) is 2.09. The fraction of sp³-hybridized carbons (Fsp3) is 0.231. The van der Waals surface area contributed by atoms with Gasteiger partial charge >= 0.3 is 5.97 Å². The van der Waals surface area contributed by atoms with Gasteiger partial charge in [-0.15, -0.1) is 0 Å². The Morgan fingerprint density at radius 2 is 2.10 bits per heavy atom. The molecule has 0 aliphatic carbocycles. The molecule has 0 saturated carbocycles. The zero-order valence-corrected chi connectivity index (χ0v) is 12.5. The van der Waals surface area contributed by atoms with Crippen molar-refractivity contribution < 1.29 is 14.3 Å². The molecule has 1 unspecified atom stereocenters. The molecule has 0 amide bonds. The molecule has 0 bridgehead atoms. The summed E-state index contributed by atoms with van der Waals surface area (Å²) in [6.45, 7) is 3.12. The topological polar surface area (TPSA) is 74.1 Å². The van der Waals surface area contributed by atoms with Crippen molar-refractivity contribution in [2.24, 2.45) is 0 Å². The van der Waals surface area contributed by atoms with E-state index in [1.165, 1.54) is 13.1 Å². The highest BCUT2D eigenvalue weighted by Crippen LogP contribution is 2.13. The Kier molecular flexibility index (Phi) is 4.29. The molecular formula is C13H12BrN3O3. The predicted octanol–water partition coefficient (Wildman–Crippen LogP) is 2.04. The third-order valence-corrected chi connectivity index (χ3v) is 3.09. The molecule has 6 nitrogen and oxygen atoms in total. The van der Waals surface area contributed by atoms with E-state index in [0.29, 0.717) is 11.4 Å². The Balaban J connectivity index is 2.15. The smallest absolute Gasteiger partial charge is 0.304 e. The average Bonchev–Trinajstić information content (AvgIpc) is 2.84. The lowest BCUT2D eigenvalue weighted by Gasteiger charge is -2.09. The van der Waals surface area contributed by atoms with Crippen LogP contribution in [-0.2, 0) is 9.53 Å². The number of hydrogen-bond donors (Lipinski definition) is 0. The number of carbonyl (C=O) groups excluding carboxylic acids is 2. The number of aromatic nitrogens is 3. The maximum Gasteiger partial charge on any atom is 0.304 e.